The van der Waals surface area contributed by atoms with E-state index >= 15 is 0 Å². The highest BCUT2D eigenvalue weighted by Gasteiger charge is 2.35. The van der Waals surface area contributed by atoms with Crippen molar-refractivity contribution in [2.75, 3.05) is 14.2 Å². The van der Waals surface area contributed by atoms with Crippen LogP contribution in [0.2, 0.25) is 0 Å². The fraction of sp³-hybridized carbons (Fsp3) is 0.412. The Balaban J connectivity index is 2.07. The van der Waals surface area contributed by atoms with Crippen LogP contribution < -0.4 is 9.47 Å². The monoisotopic (exact) mass is 320 g/mol. The number of methoxy groups -OCH3 is 2. The molecule has 1 N–H and O–H groups in total. The van der Waals surface area contributed by atoms with Crippen molar-refractivity contribution in [3.63, 3.8) is 0 Å². The van der Waals surface area contributed by atoms with Gasteiger partial charge in [-0.1, -0.05) is 24.3 Å². The molecule has 6 heteroatoms. The van der Waals surface area contributed by atoms with E-state index in [1.54, 1.807) is 24.3 Å². The number of para-hydroxylation sites is 1. The normalized spacial score (nSPS) is 19.9. The third-order valence-electron chi connectivity index (χ3n) is 3.91. The van der Waals surface area contributed by atoms with Crippen LogP contribution in [-0.4, -0.2) is 31.3 Å². The Kier molecular flexibility index (Phi) is 5.62. The number of allylic oxidation sites excluding steroid dienone is 2. The summed E-state index contributed by atoms with van der Waals surface area (Å²) in [5.74, 6) is -1.83. The molecule has 124 valence electrons. The molecule has 2 rings (SSSR count). The summed E-state index contributed by atoms with van der Waals surface area (Å²) in [6.45, 7) is 0.00571. The lowest BCUT2D eigenvalue weighted by Gasteiger charge is -2.23. The summed E-state index contributed by atoms with van der Waals surface area (Å²) in [5.41, 5.74) is 0.665. The molecule has 0 unspecified atom stereocenters. The largest absolute Gasteiger partial charge is 0.493 e. The van der Waals surface area contributed by atoms with Crippen molar-refractivity contribution in [3.8, 4) is 11.5 Å². The standard InChI is InChI=1S/C17H20O6/c1-21-14-9-5-6-11(15(14)22-2)10-23-17(20)13-8-4-3-7-12(13)16(18)19/h3-6,9,12-13H,7-8,10H2,1-2H3,(H,18,19)/t12-,13+/m1/s1. The van der Waals surface area contributed by atoms with Crippen LogP contribution in [0.15, 0.2) is 30.4 Å². The predicted molar refractivity (Wildman–Crippen MR) is 82.3 cm³/mol. The van der Waals surface area contributed by atoms with Gasteiger partial charge in [0, 0.05) is 5.56 Å². The zero-order valence-electron chi connectivity index (χ0n) is 13.2. The number of benzene rings is 1. The lowest BCUT2D eigenvalue weighted by atomic mass is 9.83. The first-order valence-electron chi connectivity index (χ1n) is 7.32. The van der Waals surface area contributed by atoms with Gasteiger partial charge in [-0.15, -0.1) is 0 Å². The maximum absolute atomic E-state index is 12.2. The molecule has 1 aromatic rings. The Labute approximate surface area is 134 Å². The van der Waals surface area contributed by atoms with Crippen LogP contribution in [0.4, 0.5) is 0 Å². The summed E-state index contributed by atoms with van der Waals surface area (Å²) in [7, 11) is 3.04. The van der Waals surface area contributed by atoms with Crippen molar-refractivity contribution in [3.05, 3.63) is 35.9 Å². The second-order valence-electron chi connectivity index (χ2n) is 5.25. The number of ether oxygens (including phenoxy) is 3. The van der Waals surface area contributed by atoms with Gasteiger partial charge in [0.15, 0.2) is 11.5 Å². The van der Waals surface area contributed by atoms with Crippen LogP contribution in [0.5, 0.6) is 11.5 Å². The van der Waals surface area contributed by atoms with E-state index in [2.05, 4.69) is 0 Å². The van der Waals surface area contributed by atoms with E-state index < -0.39 is 23.8 Å². The van der Waals surface area contributed by atoms with Gasteiger partial charge in [-0.25, -0.2) is 0 Å². The number of esters is 1. The Bertz CT molecular complexity index is 607. The van der Waals surface area contributed by atoms with Crippen LogP contribution in [0.3, 0.4) is 0 Å². The molecule has 0 aromatic heterocycles. The second kappa shape index (κ2) is 7.67. The van der Waals surface area contributed by atoms with Gasteiger partial charge in [-0.2, -0.15) is 0 Å². The summed E-state index contributed by atoms with van der Waals surface area (Å²) in [6, 6.07) is 5.29. The van der Waals surface area contributed by atoms with E-state index in [9.17, 15) is 14.7 Å². The van der Waals surface area contributed by atoms with Gasteiger partial charge in [0.2, 0.25) is 0 Å². The van der Waals surface area contributed by atoms with Crippen LogP contribution >= 0.6 is 0 Å². The third kappa shape index (κ3) is 3.83. The highest BCUT2D eigenvalue weighted by Crippen LogP contribution is 2.32. The Morgan fingerprint density at radius 3 is 2.43 bits per heavy atom. The van der Waals surface area contributed by atoms with E-state index in [4.69, 9.17) is 14.2 Å². The number of hydrogen-bond acceptors (Lipinski definition) is 5. The molecule has 0 fully saturated rings. The number of rotatable bonds is 6. The first kappa shape index (κ1) is 16.9. The van der Waals surface area contributed by atoms with Crippen molar-refractivity contribution in [2.45, 2.75) is 19.4 Å². The van der Waals surface area contributed by atoms with E-state index in [1.807, 2.05) is 6.08 Å². The number of hydrogen-bond donors (Lipinski definition) is 1. The molecule has 1 aliphatic rings. The topological polar surface area (TPSA) is 82.1 Å². The highest BCUT2D eigenvalue weighted by atomic mass is 16.5. The summed E-state index contributed by atoms with van der Waals surface area (Å²) < 4.78 is 15.8. The van der Waals surface area contributed by atoms with E-state index in [1.165, 1.54) is 14.2 Å². The molecular formula is C17H20O6. The smallest absolute Gasteiger partial charge is 0.310 e. The minimum atomic E-state index is -0.977. The molecule has 0 bridgehead atoms. The zero-order valence-corrected chi connectivity index (χ0v) is 13.2. The molecule has 0 aliphatic heterocycles. The van der Waals surface area contributed by atoms with Crippen molar-refractivity contribution in [2.24, 2.45) is 11.8 Å². The van der Waals surface area contributed by atoms with Gasteiger partial charge >= 0.3 is 11.9 Å². The first-order valence-corrected chi connectivity index (χ1v) is 7.32. The molecular weight excluding hydrogens is 300 g/mol. The van der Waals surface area contributed by atoms with E-state index in [0.717, 1.165) is 0 Å². The van der Waals surface area contributed by atoms with E-state index in [-0.39, 0.29) is 6.61 Å². The molecule has 23 heavy (non-hydrogen) atoms. The minimum absolute atomic E-state index is 0.00571. The number of aliphatic carboxylic acids is 1. The van der Waals surface area contributed by atoms with Gasteiger partial charge in [0.1, 0.15) is 6.61 Å². The second-order valence-corrected chi connectivity index (χ2v) is 5.25. The first-order chi connectivity index (χ1) is 11.1. The fourth-order valence-corrected chi connectivity index (χ4v) is 2.67. The Morgan fingerprint density at radius 1 is 1.13 bits per heavy atom. The molecule has 0 heterocycles. The molecule has 0 saturated heterocycles. The SMILES string of the molecule is COc1cccc(COC(=O)[C@H]2CC=CC[C@H]2C(=O)O)c1OC. The average Bonchev–Trinajstić information content (AvgIpc) is 2.58. The predicted octanol–water partition coefficient (Wildman–Crippen LogP) is 2.41. The minimum Gasteiger partial charge on any atom is -0.493 e. The van der Waals surface area contributed by atoms with Gasteiger partial charge in [-0.3, -0.25) is 9.59 Å². The van der Waals surface area contributed by atoms with E-state index in [0.29, 0.717) is 29.9 Å². The molecule has 2 atom stereocenters. The summed E-state index contributed by atoms with van der Waals surface area (Å²) in [5, 5.41) is 9.22. The maximum Gasteiger partial charge on any atom is 0.310 e. The van der Waals surface area contributed by atoms with Crippen molar-refractivity contribution in [1.82, 2.24) is 0 Å². The molecule has 0 radical (unpaired) electrons. The summed E-state index contributed by atoms with van der Waals surface area (Å²) in [4.78, 5) is 23.5. The molecule has 1 aromatic carbocycles. The van der Waals surface area contributed by atoms with Crippen molar-refractivity contribution in [1.29, 1.82) is 0 Å². The van der Waals surface area contributed by atoms with Crippen LogP contribution in [0, 0.1) is 11.8 Å². The maximum atomic E-state index is 12.2. The molecule has 1 aliphatic carbocycles. The lowest BCUT2D eigenvalue weighted by Crippen LogP contribution is -2.32. The lowest BCUT2D eigenvalue weighted by molar-refractivity contribution is -0.158. The highest BCUT2D eigenvalue weighted by molar-refractivity contribution is 5.81. The van der Waals surface area contributed by atoms with Gasteiger partial charge in [-0.05, 0) is 18.9 Å². The van der Waals surface area contributed by atoms with Crippen LogP contribution in [0.1, 0.15) is 18.4 Å². The number of carbonyl (C=O) groups excluding carboxylic acids is 1. The number of carboxylic acid groups (broad SMARTS) is 1. The quantitative estimate of drug-likeness (QED) is 0.640. The summed E-state index contributed by atoms with van der Waals surface area (Å²) >= 11 is 0. The van der Waals surface area contributed by atoms with Gasteiger partial charge < -0.3 is 19.3 Å². The molecule has 0 amide bonds. The Morgan fingerprint density at radius 2 is 1.83 bits per heavy atom. The zero-order chi connectivity index (χ0) is 16.8. The number of carbonyl (C=O) groups is 2. The summed E-state index contributed by atoms with van der Waals surface area (Å²) in [6.07, 6.45) is 4.33. The van der Waals surface area contributed by atoms with Crippen molar-refractivity contribution >= 4 is 11.9 Å². The average molecular weight is 320 g/mol. The van der Waals surface area contributed by atoms with Crippen LogP contribution in [0.25, 0.3) is 0 Å². The van der Waals surface area contributed by atoms with Gasteiger partial charge in [0.05, 0.1) is 26.1 Å². The number of carboxylic acids is 1. The molecule has 0 spiro atoms. The van der Waals surface area contributed by atoms with Crippen molar-refractivity contribution < 1.29 is 28.9 Å². The Hall–Kier alpha value is -2.50. The van der Waals surface area contributed by atoms with Crippen LogP contribution in [-0.2, 0) is 20.9 Å². The van der Waals surface area contributed by atoms with Gasteiger partial charge in [0.25, 0.3) is 0 Å². The fourth-order valence-electron chi connectivity index (χ4n) is 2.67. The molecule has 0 saturated carbocycles. The molecule has 6 nitrogen and oxygen atoms in total. The third-order valence-corrected chi connectivity index (χ3v) is 3.91.